The van der Waals surface area contributed by atoms with Crippen molar-refractivity contribution < 1.29 is 9.59 Å². The highest BCUT2D eigenvalue weighted by molar-refractivity contribution is 5.94. The summed E-state index contributed by atoms with van der Waals surface area (Å²) in [5, 5.41) is 12.0. The molecule has 3 rings (SSSR count). The molecule has 1 saturated heterocycles. The maximum Gasteiger partial charge on any atom is 0.241 e. The largest absolute Gasteiger partial charge is 0.352 e. The number of amides is 2. The molecule has 2 aliphatic rings. The Hall–Kier alpha value is -2.43. The quantitative estimate of drug-likeness (QED) is 0.730. The zero-order valence-corrected chi connectivity index (χ0v) is 16.5. The number of nitrogens with one attached hydrogen (secondary N) is 1. The molecule has 1 aromatic rings. The molecular formula is C21H29N5O2. The minimum atomic E-state index is -0.130. The molecule has 28 heavy (non-hydrogen) atoms. The summed E-state index contributed by atoms with van der Waals surface area (Å²) in [5.41, 5.74) is 0.826. The summed E-state index contributed by atoms with van der Waals surface area (Å²) >= 11 is 0. The first kappa shape index (κ1) is 20.3. The molecular weight excluding hydrogens is 354 g/mol. The van der Waals surface area contributed by atoms with Gasteiger partial charge in [0.25, 0.3) is 0 Å². The van der Waals surface area contributed by atoms with Gasteiger partial charge in [0, 0.05) is 44.5 Å². The fourth-order valence-corrected chi connectivity index (χ4v) is 3.47. The van der Waals surface area contributed by atoms with Crippen molar-refractivity contribution in [2.75, 3.05) is 44.2 Å². The van der Waals surface area contributed by atoms with E-state index in [1.165, 1.54) is 0 Å². The van der Waals surface area contributed by atoms with Crippen LogP contribution >= 0.6 is 0 Å². The summed E-state index contributed by atoms with van der Waals surface area (Å²) in [6.07, 6.45) is 2.50. The SMILES string of the molecule is CC(C(=O)NC1CC1)N1CCN(CC(=O)N(CCC#N)c2ccccc2)CC1. The summed E-state index contributed by atoms with van der Waals surface area (Å²) < 4.78 is 0. The predicted octanol–water partition coefficient (Wildman–Crippen LogP) is 1.22. The number of anilines is 1. The van der Waals surface area contributed by atoms with Gasteiger partial charge in [-0.05, 0) is 31.9 Å². The molecule has 0 aromatic heterocycles. The number of hydrogen-bond donors (Lipinski definition) is 1. The van der Waals surface area contributed by atoms with E-state index in [0.717, 1.165) is 44.7 Å². The van der Waals surface area contributed by atoms with E-state index in [4.69, 9.17) is 5.26 Å². The molecule has 1 atom stereocenters. The zero-order valence-electron chi connectivity index (χ0n) is 16.5. The number of rotatable bonds is 8. The lowest BCUT2D eigenvalue weighted by atomic mass is 10.2. The lowest BCUT2D eigenvalue weighted by Gasteiger charge is -2.37. The molecule has 1 heterocycles. The van der Waals surface area contributed by atoms with Crippen molar-refractivity contribution in [1.82, 2.24) is 15.1 Å². The molecule has 150 valence electrons. The average Bonchev–Trinajstić information content (AvgIpc) is 3.53. The van der Waals surface area contributed by atoms with E-state index in [9.17, 15) is 9.59 Å². The van der Waals surface area contributed by atoms with Crippen molar-refractivity contribution in [2.45, 2.75) is 38.3 Å². The smallest absolute Gasteiger partial charge is 0.241 e. The number of piperazine rings is 1. The van der Waals surface area contributed by atoms with Crippen LogP contribution in [0.1, 0.15) is 26.2 Å². The summed E-state index contributed by atoms with van der Waals surface area (Å²) in [4.78, 5) is 31.1. The van der Waals surface area contributed by atoms with Crippen LogP contribution in [0.25, 0.3) is 0 Å². The molecule has 2 fully saturated rings. The Morgan fingerprint density at radius 3 is 2.50 bits per heavy atom. The minimum absolute atomic E-state index is 0.00873. The van der Waals surface area contributed by atoms with Crippen molar-refractivity contribution in [1.29, 1.82) is 5.26 Å². The van der Waals surface area contributed by atoms with Crippen LogP contribution in [0.4, 0.5) is 5.69 Å². The van der Waals surface area contributed by atoms with Crippen molar-refractivity contribution in [3.8, 4) is 6.07 Å². The van der Waals surface area contributed by atoms with Gasteiger partial charge in [-0.15, -0.1) is 0 Å². The van der Waals surface area contributed by atoms with Gasteiger partial charge in [-0.3, -0.25) is 19.4 Å². The number of nitriles is 1. The van der Waals surface area contributed by atoms with Crippen molar-refractivity contribution in [2.24, 2.45) is 0 Å². The van der Waals surface area contributed by atoms with Gasteiger partial charge in [-0.1, -0.05) is 18.2 Å². The summed E-state index contributed by atoms with van der Waals surface area (Å²) in [6.45, 7) is 5.75. The Morgan fingerprint density at radius 1 is 1.21 bits per heavy atom. The first-order valence-corrected chi connectivity index (χ1v) is 10.1. The average molecular weight is 383 g/mol. The molecule has 0 radical (unpaired) electrons. The van der Waals surface area contributed by atoms with E-state index in [1.807, 2.05) is 37.3 Å². The van der Waals surface area contributed by atoms with Crippen LogP contribution in [0.3, 0.4) is 0 Å². The van der Waals surface area contributed by atoms with Crippen molar-refractivity contribution in [3.05, 3.63) is 30.3 Å². The van der Waals surface area contributed by atoms with Gasteiger partial charge in [0.05, 0.1) is 25.1 Å². The fraction of sp³-hybridized carbons (Fsp3) is 0.571. The lowest BCUT2D eigenvalue weighted by molar-refractivity contribution is -0.127. The molecule has 7 heteroatoms. The maximum absolute atomic E-state index is 12.9. The molecule has 1 unspecified atom stereocenters. The van der Waals surface area contributed by atoms with E-state index in [-0.39, 0.29) is 17.9 Å². The molecule has 0 spiro atoms. The Morgan fingerprint density at radius 2 is 1.89 bits per heavy atom. The third-order valence-electron chi connectivity index (χ3n) is 5.43. The van der Waals surface area contributed by atoms with Gasteiger partial charge >= 0.3 is 0 Å². The van der Waals surface area contributed by atoms with Crippen LogP contribution < -0.4 is 10.2 Å². The van der Waals surface area contributed by atoms with Gasteiger partial charge < -0.3 is 10.2 Å². The third kappa shape index (κ3) is 5.54. The second kappa shape index (κ2) is 9.67. The monoisotopic (exact) mass is 383 g/mol. The molecule has 1 N–H and O–H groups in total. The van der Waals surface area contributed by atoms with E-state index in [2.05, 4.69) is 21.2 Å². The first-order chi connectivity index (χ1) is 13.6. The first-order valence-electron chi connectivity index (χ1n) is 10.1. The standard InChI is InChI=1S/C21H29N5O2/c1-17(21(28)23-18-8-9-18)25-14-12-24(13-15-25)16-20(27)26(11-5-10-22)19-6-3-2-4-7-19/h2-4,6-7,17-18H,5,8-9,11-16H2,1H3,(H,23,28). The van der Waals surface area contributed by atoms with Crippen molar-refractivity contribution in [3.63, 3.8) is 0 Å². The fourth-order valence-electron chi connectivity index (χ4n) is 3.47. The molecule has 7 nitrogen and oxygen atoms in total. The zero-order chi connectivity index (χ0) is 19.9. The van der Waals surface area contributed by atoms with Gasteiger partial charge in [0.1, 0.15) is 0 Å². The van der Waals surface area contributed by atoms with Crippen LogP contribution in [0.15, 0.2) is 30.3 Å². The Labute approximate surface area is 166 Å². The number of benzene rings is 1. The Kier molecular flexibility index (Phi) is 7.01. The van der Waals surface area contributed by atoms with E-state index in [1.54, 1.807) is 4.90 Å². The summed E-state index contributed by atoms with van der Waals surface area (Å²) in [7, 11) is 0. The van der Waals surface area contributed by atoms with E-state index in [0.29, 0.717) is 25.6 Å². The lowest BCUT2D eigenvalue weighted by Crippen LogP contribution is -2.55. The molecule has 2 amide bonds. The van der Waals surface area contributed by atoms with Crippen LogP contribution in [-0.4, -0.2) is 73.0 Å². The summed E-state index contributed by atoms with van der Waals surface area (Å²) in [5.74, 6) is 0.119. The van der Waals surface area contributed by atoms with Gasteiger partial charge in [-0.2, -0.15) is 5.26 Å². The normalized spacial score (nSPS) is 18.9. The number of hydrogen-bond acceptors (Lipinski definition) is 5. The highest BCUT2D eigenvalue weighted by Crippen LogP contribution is 2.19. The number of para-hydroxylation sites is 1. The Balaban J connectivity index is 1.50. The maximum atomic E-state index is 12.9. The second-order valence-electron chi connectivity index (χ2n) is 7.56. The van der Waals surface area contributed by atoms with Crippen LogP contribution in [-0.2, 0) is 9.59 Å². The highest BCUT2D eigenvalue weighted by atomic mass is 16.2. The third-order valence-corrected chi connectivity index (χ3v) is 5.43. The van der Waals surface area contributed by atoms with Gasteiger partial charge in [0.15, 0.2) is 0 Å². The van der Waals surface area contributed by atoms with Crippen LogP contribution in [0, 0.1) is 11.3 Å². The van der Waals surface area contributed by atoms with Gasteiger partial charge in [0.2, 0.25) is 11.8 Å². The second-order valence-corrected chi connectivity index (χ2v) is 7.56. The molecule has 1 aromatic carbocycles. The molecule has 1 saturated carbocycles. The summed E-state index contributed by atoms with van der Waals surface area (Å²) in [6, 6.07) is 11.9. The van der Waals surface area contributed by atoms with E-state index >= 15 is 0 Å². The highest BCUT2D eigenvalue weighted by Gasteiger charge is 2.30. The van der Waals surface area contributed by atoms with E-state index < -0.39 is 0 Å². The predicted molar refractivity (Wildman–Crippen MR) is 108 cm³/mol. The number of carbonyl (C=O) groups is 2. The van der Waals surface area contributed by atoms with Gasteiger partial charge in [-0.25, -0.2) is 0 Å². The number of carbonyl (C=O) groups excluding carboxylic acids is 2. The molecule has 0 bridgehead atoms. The topological polar surface area (TPSA) is 79.7 Å². The molecule has 1 aliphatic carbocycles. The van der Waals surface area contributed by atoms with Crippen molar-refractivity contribution >= 4 is 17.5 Å². The Bertz CT molecular complexity index is 705. The number of nitrogens with zero attached hydrogens (tertiary/aromatic N) is 4. The minimum Gasteiger partial charge on any atom is -0.352 e. The van der Waals surface area contributed by atoms with Crippen LogP contribution in [0.5, 0.6) is 0 Å². The van der Waals surface area contributed by atoms with Crippen LogP contribution in [0.2, 0.25) is 0 Å². The molecule has 1 aliphatic heterocycles.